The Kier molecular flexibility index (Phi) is 3.86. The molecule has 0 aromatic rings. The van der Waals surface area contributed by atoms with E-state index in [1.807, 2.05) is 6.08 Å². The first-order chi connectivity index (χ1) is 11.0. The Balaban J connectivity index is 1.80. The average Bonchev–Trinajstić information content (AvgIpc) is 2.84. The number of rotatable bonds is 2. The van der Waals surface area contributed by atoms with E-state index < -0.39 is 0 Å². The fraction of sp³-hybridized carbons (Fsp3) is 0.700. The SMILES string of the molecule is C[C@]12CC=C3[C@@H](CCC4=CC(=O)CC[C@@]43CCI)[C@@H]1CCC2=O. The van der Waals surface area contributed by atoms with Gasteiger partial charge in [-0.25, -0.2) is 0 Å². The van der Waals surface area contributed by atoms with Gasteiger partial charge in [0.05, 0.1) is 0 Å². The number of hydrogen-bond donors (Lipinski definition) is 0. The van der Waals surface area contributed by atoms with Crippen molar-refractivity contribution in [1.29, 1.82) is 0 Å². The van der Waals surface area contributed by atoms with Gasteiger partial charge in [0.25, 0.3) is 0 Å². The smallest absolute Gasteiger partial charge is 0.155 e. The predicted octanol–water partition coefficient (Wildman–Crippen LogP) is 4.81. The summed E-state index contributed by atoms with van der Waals surface area (Å²) >= 11 is 2.49. The van der Waals surface area contributed by atoms with Crippen LogP contribution in [0.3, 0.4) is 0 Å². The highest BCUT2D eigenvalue weighted by molar-refractivity contribution is 14.1. The monoisotopic (exact) mass is 424 g/mol. The van der Waals surface area contributed by atoms with Crippen LogP contribution in [-0.4, -0.2) is 16.0 Å². The Bertz CT molecular complexity index is 632. The molecule has 4 atom stereocenters. The number of fused-ring (bicyclic) bond motifs is 5. The summed E-state index contributed by atoms with van der Waals surface area (Å²) in [6, 6.07) is 0. The number of ketones is 2. The number of allylic oxidation sites excluding steroid dienone is 4. The van der Waals surface area contributed by atoms with E-state index in [1.54, 1.807) is 5.57 Å². The minimum absolute atomic E-state index is 0.106. The highest BCUT2D eigenvalue weighted by Gasteiger charge is 2.56. The molecule has 0 radical (unpaired) electrons. The second-order valence-electron chi connectivity index (χ2n) is 8.15. The molecule has 2 saturated carbocycles. The van der Waals surface area contributed by atoms with Gasteiger partial charge in [-0.05, 0) is 56.4 Å². The minimum Gasteiger partial charge on any atom is -0.299 e. The fourth-order valence-corrected chi connectivity index (χ4v) is 6.97. The van der Waals surface area contributed by atoms with Gasteiger partial charge in [-0.3, -0.25) is 9.59 Å². The molecule has 0 aliphatic heterocycles. The van der Waals surface area contributed by atoms with E-state index in [2.05, 4.69) is 35.6 Å². The number of alkyl halides is 1. The van der Waals surface area contributed by atoms with E-state index in [-0.39, 0.29) is 10.8 Å². The van der Waals surface area contributed by atoms with E-state index in [1.165, 1.54) is 5.57 Å². The molecule has 0 aromatic carbocycles. The van der Waals surface area contributed by atoms with Crippen molar-refractivity contribution in [2.24, 2.45) is 22.7 Å². The molecule has 0 N–H and O–H groups in total. The molecule has 4 rings (SSSR count). The molecular weight excluding hydrogens is 399 g/mol. The van der Waals surface area contributed by atoms with Crippen LogP contribution in [0.4, 0.5) is 0 Å². The Morgan fingerprint density at radius 1 is 1.22 bits per heavy atom. The maximum Gasteiger partial charge on any atom is 0.155 e. The van der Waals surface area contributed by atoms with Crippen molar-refractivity contribution in [1.82, 2.24) is 0 Å². The van der Waals surface area contributed by atoms with Crippen LogP contribution in [0.2, 0.25) is 0 Å². The highest BCUT2D eigenvalue weighted by Crippen LogP contribution is 2.63. The molecule has 0 unspecified atom stereocenters. The van der Waals surface area contributed by atoms with Crippen molar-refractivity contribution in [3.8, 4) is 0 Å². The van der Waals surface area contributed by atoms with E-state index in [0.29, 0.717) is 29.8 Å². The van der Waals surface area contributed by atoms with Crippen molar-refractivity contribution < 1.29 is 9.59 Å². The Morgan fingerprint density at radius 3 is 2.83 bits per heavy atom. The van der Waals surface area contributed by atoms with Gasteiger partial charge in [-0.1, -0.05) is 46.7 Å². The van der Waals surface area contributed by atoms with Crippen LogP contribution < -0.4 is 0 Å². The van der Waals surface area contributed by atoms with Crippen molar-refractivity contribution in [2.45, 2.75) is 58.3 Å². The zero-order chi connectivity index (χ0) is 16.2. The molecule has 0 aromatic heterocycles. The van der Waals surface area contributed by atoms with E-state index in [9.17, 15) is 9.59 Å². The number of carbonyl (C=O) groups is 2. The third-order valence-corrected chi connectivity index (χ3v) is 7.85. The normalized spacial score (nSPS) is 42.5. The van der Waals surface area contributed by atoms with Crippen LogP contribution in [0, 0.1) is 22.7 Å². The molecule has 0 heterocycles. The summed E-state index contributed by atoms with van der Waals surface area (Å²) < 4.78 is 1.13. The summed E-state index contributed by atoms with van der Waals surface area (Å²) in [5.74, 6) is 1.93. The Morgan fingerprint density at radius 2 is 2.04 bits per heavy atom. The molecule has 4 aliphatic rings. The molecule has 2 fully saturated rings. The fourth-order valence-electron chi connectivity index (χ4n) is 6.05. The lowest BCUT2D eigenvalue weighted by atomic mass is 9.51. The van der Waals surface area contributed by atoms with Crippen LogP contribution in [0.15, 0.2) is 23.3 Å². The number of Topliss-reactive ketones (excluding diaryl/α,β-unsaturated/α-hetero) is 1. The summed E-state index contributed by atoms with van der Waals surface area (Å²) in [4.78, 5) is 24.4. The van der Waals surface area contributed by atoms with Gasteiger partial charge in [-0.15, -0.1) is 0 Å². The van der Waals surface area contributed by atoms with Crippen LogP contribution in [-0.2, 0) is 9.59 Å². The highest BCUT2D eigenvalue weighted by atomic mass is 127. The van der Waals surface area contributed by atoms with Crippen LogP contribution in [0.25, 0.3) is 0 Å². The van der Waals surface area contributed by atoms with Crippen molar-refractivity contribution in [3.63, 3.8) is 0 Å². The van der Waals surface area contributed by atoms with Crippen molar-refractivity contribution in [3.05, 3.63) is 23.3 Å². The quantitative estimate of drug-likeness (QED) is 0.362. The van der Waals surface area contributed by atoms with Crippen LogP contribution in [0.1, 0.15) is 58.3 Å². The van der Waals surface area contributed by atoms with Gasteiger partial charge in [-0.2, -0.15) is 0 Å². The second kappa shape index (κ2) is 5.53. The van der Waals surface area contributed by atoms with E-state index >= 15 is 0 Å². The van der Waals surface area contributed by atoms with Crippen molar-refractivity contribution >= 4 is 34.2 Å². The lowest BCUT2D eigenvalue weighted by Crippen LogP contribution is -2.45. The maximum absolute atomic E-state index is 12.4. The topological polar surface area (TPSA) is 34.1 Å². The lowest BCUT2D eigenvalue weighted by Gasteiger charge is -2.53. The molecule has 124 valence electrons. The van der Waals surface area contributed by atoms with Gasteiger partial charge in [0, 0.05) is 28.1 Å². The summed E-state index contributed by atoms with van der Waals surface area (Å²) in [5, 5.41) is 0. The van der Waals surface area contributed by atoms with Gasteiger partial charge >= 0.3 is 0 Å². The van der Waals surface area contributed by atoms with Gasteiger partial charge in [0.15, 0.2) is 5.78 Å². The standard InChI is InChI=1S/C20H25IO2/c1-19-8-7-17-15(16(19)4-5-18(19)23)3-2-13-12-14(22)6-9-20(13,17)10-11-21/h7,12,15-16H,2-6,8-11H2,1H3/t15-,16-,19-,20+/m0/s1. The largest absolute Gasteiger partial charge is 0.299 e. The zero-order valence-electron chi connectivity index (χ0n) is 13.9. The van der Waals surface area contributed by atoms with Gasteiger partial charge in [0.2, 0.25) is 0 Å². The van der Waals surface area contributed by atoms with E-state index in [4.69, 9.17) is 0 Å². The van der Waals surface area contributed by atoms with Crippen LogP contribution in [0.5, 0.6) is 0 Å². The first kappa shape index (κ1) is 16.0. The summed E-state index contributed by atoms with van der Waals surface area (Å²) in [7, 11) is 0. The molecule has 3 heteroatoms. The summed E-state index contributed by atoms with van der Waals surface area (Å²) in [6.45, 7) is 2.21. The maximum atomic E-state index is 12.4. The first-order valence-corrected chi connectivity index (χ1v) is 10.6. The Labute approximate surface area is 152 Å². The average molecular weight is 424 g/mol. The van der Waals surface area contributed by atoms with E-state index in [0.717, 1.165) is 49.4 Å². The molecule has 23 heavy (non-hydrogen) atoms. The molecular formula is C20H25IO2. The van der Waals surface area contributed by atoms with Gasteiger partial charge in [0.1, 0.15) is 5.78 Å². The molecule has 4 aliphatic carbocycles. The van der Waals surface area contributed by atoms with Crippen molar-refractivity contribution in [2.75, 3.05) is 4.43 Å². The lowest BCUT2D eigenvalue weighted by molar-refractivity contribution is -0.127. The van der Waals surface area contributed by atoms with Crippen LogP contribution >= 0.6 is 22.6 Å². The Hall–Kier alpha value is -0.450. The minimum atomic E-state index is -0.106. The first-order valence-electron chi connectivity index (χ1n) is 9.05. The number of halogens is 1. The predicted molar refractivity (Wildman–Crippen MR) is 99.5 cm³/mol. The number of carbonyl (C=O) groups excluding carboxylic acids is 2. The summed E-state index contributed by atoms with van der Waals surface area (Å²) in [5.41, 5.74) is 3.05. The third kappa shape index (κ3) is 2.17. The molecule has 0 bridgehead atoms. The molecule has 0 amide bonds. The van der Waals surface area contributed by atoms with Gasteiger partial charge < -0.3 is 0 Å². The zero-order valence-corrected chi connectivity index (χ0v) is 16.0. The second-order valence-corrected chi connectivity index (χ2v) is 9.23. The number of hydrogen-bond acceptors (Lipinski definition) is 2. The summed E-state index contributed by atoms with van der Waals surface area (Å²) in [6.07, 6.45) is 12.2. The molecule has 2 nitrogen and oxygen atoms in total. The third-order valence-electron chi connectivity index (χ3n) is 7.32. The molecule has 0 saturated heterocycles. The molecule has 0 spiro atoms.